The predicted molar refractivity (Wildman–Crippen MR) is 19.6 cm³/mol. The number of carbonyl (C=O) groups excluding carboxylic acids is 1. The summed E-state index contributed by atoms with van der Waals surface area (Å²) >= 11 is 1.72. The van der Waals surface area contributed by atoms with Crippen LogP contribution in [0.4, 0.5) is 8.78 Å². The highest BCUT2D eigenvalue weighted by atomic mass is 79.9. The van der Waals surface area contributed by atoms with E-state index in [1.807, 2.05) is 0 Å². The first-order valence-electron chi connectivity index (χ1n) is 1.02. The summed E-state index contributed by atoms with van der Waals surface area (Å²) in [7, 11) is 0. The number of alkyl halides is 3. The van der Waals surface area contributed by atoms with Crippen molar-refractivity contribution in [3.63, 3.8) is 0 Å². The second-order valence-corrected chi connectivity index (χ2v) is 1.60. The van der Waals surface area contributed by atoms with Crippen molar-refractivity contribution in [2.24, 2.45) is 0 Å². The van der Waals surface area contributed by atoms with Crippen molar-refractivity contribution in [3.8, 4) is 0 Å². The molecule has 0 amide bonds. The fourth-order valence-corrected chi connectivity index (χ4v) is 0. The van der Waals surface area contributed by atoms with Gasteiger partial charge in [-0.15, -0.1) is 0 Å². The van der Waals surface area contributed by atoms with Gasteiger partial charge in [0.15, 0.2) is 0 Å². The summed E-state index contributed by atoms with van der Waals surface area (Å²) < 4.78 is 21.9. The number of hydrogen-bond donors (Lipinski definition) is 0. The molecule has 0 unspecified atom stereocenters. The molecule has 0 bridgehead atoms. The standard InChI is InChI=1S/C2BrF2O/c3-2(4,5)1-6. The molecule has 0 atom stereocenters. The van der Waals surface area contributed by atoms with Gasteiger partial charge in [0.2, 0.25) is 0 Å². The molecular formula is C2BrF2O. The van der Waals surface area contributed by atoms with Gasteiger partial charge < -0.3 is 0 Å². The summed E-state index contributed by atoms with van der Waals surface area (Å²) in [5.41, 5.74) is 0. The Kier molecular flexibility index (Phi) is 1.64. The van der Waals surface area contributed by atoms with Crippen LogP contribution in [0.25, 0.3) is 0 Å². The summed E-state index contributed by atoms with van der Waals surface area (Å²) in [6.07, 6.45) is 0.438. The molecule has 0 aliphatic heterocycles. The molecule has 0 aromatic carbocycles. The van der Waals surface area contributed by atoms with Crippen molar-refractivity contribution in [1.29, 1.82) is 0 Å². The van der Waals surface area contributed by atoms with Crippen molar-refractivity contribution in [2.75, 3.05) is 0 Å². The fraction of sp³-hybridized carbons (Fsp3) is 0.500. The van der Waals surface area contributed by atoms with E-state index < -0.39 is 4.83 Å². The Balaban J connectivity index is 3.45. The van der Waals surface area contributed by atoms with E-state index >= 15 is 0 Å². The average Bonchev–Trinajstić information content (AvgIpc) is 1.35. The Hall–Kier alpha value is 0.01000. The van der Waals surface area contributed by atoms with Gasteiger partial charge in [-0.2, -0.15) is 8.78 Å². The highest BCUT2D eigenvalue weighted by Gasteiger charge is 2.22. The molecule has 0 aliphatic rings. The lowest BCUT2D eigenvalue weighted by atomic mass is 10.8. The first-order chi connectivity index (χ1) is 2.56. The third kappa shape index (κ3) is 4.01. The van der Waals surface area contributed by atoms with E-state index in [1.165, 1.54) is 0 Å². The Bertz CT molecular complexity index is 57.1. The highest BCUT2D eigenvalue weighted by Crippen LogP contribution is 2.16. The van der Waals surface area contributed by atoms with Crippen LogP contribution >= 0.6 is 15.9 Å². The van der Waals surface area contributed by atoms with Gasteiger partial charge in [0.1, 0.15) is 0 Å². The third-order valence-electron chi connectivity index (χ3n) is 0.116. The molecule has 0 saturated heterocycles. The Morgan fingerprint density at radius 1 is 1.67 bits per heavy atom. The second kappa shape index (κ2) is 1.64. The van der Waals surface area contributed by atoms with Crippen LogP contribution < -0.4 is 0 Å². The molecule has 0 aromatic heterocycles. The maximum atomic E-state index is 10.9. The maximum absolute atomic E-state index is 10.9. The van der Waals surface area contributed by atoms with E-state index in [1.54, 1.807) is 15.9 Å². The van der Waals surface area contributed by atoms with Gasteiger partial charge in [-0.25, -0.2) is 0 Å². The first-order valence-corrected chi connectivity index (χ1v) is 1.81. The normalized spacial score (nSPS) is 11.2. The minimum absolute atomic E-state index is 0.438. The van der Waals surface area contributed by atoms with Gasteiger partial charge in [-0.1, -0.05) is 0 Å². The van der Waals surface area contributed by atoms with Crippen molar-refractivity contribution in [1.82, 2.24) is 0 Å². The Morgan fingerprint density at radius 2 is 1.83 bits per heavy atom. The lowest BCUT2D eigenvalue weighted by molar-refractivity contribution is 0.187. The lowest BCUT2D eigenvalue weighted by Gasteiger charge is -1.88. The van der Waals surface area contributed by atoms with Crippen LogP contribution in [-0.2, 0) is 4.79 Å². The highest BCUT2D eigenvalue weighted by molar-refractivity contribution is 9.10. The number of rotatable bonds is 1. The molecule has 1 nitrogen and oxygen atoms in total. The van der Waals surface area contributed by atoms with Crippen LogP contribution in [0.3, 0.4) is 0 Å². The van der Waals surface area contributed by atoms with Gasteiger partial charge in [0.25, 0.3) is 6.29 Å². The van der Waals surface area contributed by atoms with Crippen LogP contribution in [0.1, 0.15) is 0 Å². The van der Waals surface area contributed by atoms with Crippen molar-refractivity contribution >= 4 is 22.2 Å². The Labute approximate surface area is 41.5 Å². The average molecular weight is 158 g/mol. The zero-order valence-corrected chi connectivity index (χ0v) is 4.13. The molecule has 0 spiro atoms. The monoisotopic (exact) mass is 157 g/mol. The van der Waals surface area contributed by atoms with E-state index in [9.17, 15) is 8.78 Å². The summed E-state index contributed by atoms with van der Waals surface area (Å²) in [4.78, 5) is 5.45. The molecule has 0 N–H and O–H groups in total. The summed E-state index contributed by atoms with van der Waals surface area (Å²) in [5.74, 6) is 0. The summed E-state index contributed by atoms with van der Waals surface area (Å²) in [6, 6.07) is 0. The quantitative estimate of drug-likeness (QED) is 0.521. The Morgan fingerprint density at radius 3 is 1.83 bits per heavy atom. The summed E-state index contributed by atoms with van der Waals surface area (Å²) in [5, 5.41) is 0. The molecular weight excluding hydrogens is 158 g/mol. The van der Waals surface area contributed by atoms with Crippen molar-refractivity contribution in [2.45, 2.75) is 4.83 Å². The topological polar surface area (TPSA) is 17.1 Å². The van der Waals surface area contributed by atoms with E-state index in [0.717, 1.165) is 0 Å². The maximum Gasteiger partial charge on any atom is 0.366 e. The first kappa shape index (κ1) is 6.01. The molecule has 35 valence electrons. The minimum Gasteiger partial charge on any atom is -0.283 e. The van der Waals surface area contributed by atoms with Crippen LogP contribution in [0, 0.1) is 0 Å². The molecule has 4 heteroatoms. The summed E-state index contributed by atoms with van der Waals surface area (Å²) in [6.45, 7) is 0. The lowest BCUT2D eigenvalue weighted by Crippen LogP contribution is -2.03. The fourth-order valence-electron chi connectivity index (χ4n) is 0. The molecule has 0 rings (SSSR count). The van der Waals surface area contributed by atoms with Gasteiger partial charge in [-0.3, -0.25) is 4.79 Å². The number of hydrogen-bond acceptors (Lipinski definition) is 1. The molecule has 0 heterocycles. The van der Waals surface area contributed by atoms with Crippen molar-refractivity contribution in [3.05, 3.63) is 0 Å². The predicted octanol–water partition coefficient (Wildman–Crippen LogP) is 1.08. The van der Waals surface area contributed by atoms with Crippen LogP contribution in [0.5, 0.6) is 0 Å². The zero-order valence-electron chi connectivity index (χ0n) is 2.54. The second-order valence-electron chi connectivity index (χ2n) is 0.600. The van der Waals surface area contributed by atoms with E-state index in [-0.39, 0.29) is 0 Å². The largest absolute Gasteiger partial charge is 0.366 e. The number of halogens is 3. The van der Waals surface area contributed by atoms with Crippen LogP contribution in [-0.4, -0.2) is 11.1 Å². The smallest absolute Gasteiger partial charge is 0.283 e. The molecule has 0 aliphatic carbocycles. The zero-order chi connectivity index (χ0) is 5.21. The van der Waals surface area contributed by atoms with Gasteiger partial charge in [0, 0.05) is 0 Å². The molecule has 6 heavy (non-hydrogen) atoms. The molecule has 0 saturated carbocycles. The van der Waals surface area contributed by atoms with Crippen molar-refractivity contribution < 1.29 is 13.6 Å². The van der Waals surface area contributed by atoms with E-state index in [2.05, 4.69) is 0 Å². The van der Waals surface area contributed by atoms with E-state index in [4.69, 9.17) is 4.79 Å². The van der Waals surface area contributed by atoms with Gasteiger partial charge in [-0.05, 0) is 15.9 Å². The molecule has 0 fully saturated rings. The third-order valence-corrected chi connectivity index (χ3v) is 0.278. The minimum atomic E-state index is -3.45. The van der Waals surface area contributed by atoms with Gasteiger partial charge in [0.05, 0.1) is 0 Å². The van der Waals surface area contributed by atoms with Crippen LogP contribution in [0.15, 0.2) is 0 Å². The SMILES string of the molecule is O=[C]C(F)(F)Br. The van der Waals surface area contributed by atoms with Gasteiger partial charge >= 0.3 is 4.83 Å². The van der Waals surface area contributed by atoms with E-state index in [0.29, 0.717) is 6.29 Å². The molecule has 1 radical (unpaired) electrons. The van der Waals surface area contributed by atoms with Crippen LogP contribution in [0.2, 0.25) is 0 Å². The molecule has 0 aromatic rings.